The normalized spacial score (nSPS) is 21.2. The predicted octanol–water partition coefficient (Wildman–Crippen LogP) is 4.15. The van der Waals surface area contributed by atoms with Crippen LogP contribution in [0, 0.1) is 0 Å². The molecule has 35 heavy (non-hydrogen) atoms. The van der Waals surface area contributed by atoms with Crippen molar-refractivity contribution in [3.8, 4) is 10.4 Å². The molecule has 3 aromatic rings. The van der Waals surface area contributed by atoms with E-state index in [1.807, 2.05) is 19.0 Å². The molecule has 5 rings (SSSR count). The molecule has 4 heterocycles. The van der Waals surface area contributed by atoms with Crippen molar-refractivity contribution in [3.63, 3.8) is 0 Å². The summed E-state index contributed by atoms with van der Waals surface area (Å²) in [6.45, 7) is 2.85. The van der Waals surface area contributed by atoms with Crippen LogP contribution in [0.3, 0.4) is 0 Å². The van der Waals surface area contributed by atoms with E-state index < -0.39 is 11.7 Å². The van der Waals surface area contributed by atoms with Crippen molar-refractivity contribution in [1.29, 1.82) is 0 Å². The number of alkyl halides is 3. The summed E-state index contributed by atoms with van der Waals surface area (Å²) >= 11 is 1.22. The Balaban J connectivity index is 1.34. The Morgan fingerprint density at radius 1 is 1.14 bits per heavy atom. The van der Waals surface area contributed by atoms with Crippen molar-refractivity contribution in [2.24, 2.45) is 0 Å². The number of thiophene rings is 1. The zero-order valence-corrected chi connectivity index (χ0v) is 20.3. The standard InChI is InChI=1S/C24H26F3N5O2S/c1-29-9-7-17(12-29)30(2)23(34)31-10-8-18(13-31)32-14-28-19-11-20(35-21(19)22(32)33)15-3-5-16(6-4-15)24(25,26)27/h3-6,11,14,17-18H,7-10,12-13H2,1-2H3/t17-,18-/m0/s1. The molecule has 2 saturated heterocycles. The van der Waals surface area contributed by atoms with E-state index in [1.54, 1.807) is 15.5 Å². The fraction of sp³-hybridized carbons (Fsp3) is 0.458. The number of benzene rings is 1. The summed E-state index contributed by atoms with van der Waals surface area (Å²) in [4.78, 5) is 37.2. The lowest BCUT2D eigenvalue weighted by molar-refractivity contribution is -0.137. The molecule has 0 bridgehead atoms. The average molecular weight is 506 g/mol. The summed E-state index contributed by atoms with van der Waals surface area (Å²) < 4.78 is 40.7. The molecule has 2 aliphatic rings. The van der Waals surface area contributed by atoms with Crippen LogP contribution in [0.5, 0.6) is 0 Å². The number of hydrogen-bond donors (Lipinski definition) is 0. The minimum atomic E-state index is -4.40. The van der Waals surface area contributed by atoms with E-state index in [1.165, 1.54) is 29.8 Å². The molecule has 0 saturated carbocycles. The number of rotatable bonds is 3. The molecule has 2 aliphatic heterocycles. The Kier molecular flexibility index (Phi) is 6.08. The van der Waals surface area contributed by atoms with Crippen LogP contribution in [-0.4, -0.2) is 76.6 Å². The van der Waals surface area contributed by atoms with Crippen molar-refractivity contribution in [3.05, 3.63) is 52.6 Å². The van der Waals surface area contributed by atoms with E-state index in [0.717, 1.165) is 31.6 Å². The summed E-state index contributed by atoms with van der Waals surface area (Å²) in [6.07, 6.45) is -1.26. The smallest absolute Gasteiger partial charge is 0.323 e. The summed E-state index contributed by atoms with van der Waals surface area (Å²) in [6, 6.07) is 6.63. The zero-order chi connectivity index (χ0) is 24.9. The molecular weight excluding hydrogens is 479 g/mol. The highest BCUT2D eigenvalue weighted by Crippen LogP contribution is 2.34. The second kappa shape index (κ2) is 8.94. The van der Waals surface area contributed by atoms with Crippen LogP contribution < -0.4 is 5.56 Å². The number of fused-ring (bicyclic) bond motifs is 1. The third-order valence-electron chi connectivity index (χ3n) is 7.00. The largest absolute Gasteiger partial charge is 0.416 e. The van der Waals surface area contributed by atoms with Crippen molar-refractivity contribution in [2.45, 2.75) is 31.1 Å². The molecule has 2 amide bonds. The average Bonchev–Trinajstić information content (AvgIpc) is 3.57. The van der Waals surface area contributed by atoms with Crippen LogP contribution >= 0.6 is 11.3 Å². The maximum absolute atomic E-state index is 13.3. The van der Waals surface area contributed by atoms with Gasteiger partial charge in [0.15, 0.2) is 0 Å². The van der Waals surface area contributed by atoms with Crippen LogP contribution in [-0.2, 0) is 6.18 Å². The molecule has 0 spiro atoms. The minimum Gasteiger partial charge on any atom is -0.323 e. The van der Waals surface area contributed by atoms with E-state index >= 15 is 0 Å². The van der Waals surface area contributed by atoms with Crippen LogP contribution in [0.1, 0.15) is 24.4 Å². The van der Waals surface area contributed by atoms with Gasteiger partial charge in [0.05, 0.1) is 23.4 Å². The van der Waals surface area contributed by atoms with Gasteiger partial charge >= 0.3 is 12.2 Å². The van der Waals surface area contributed by atoms with Crippen molar-refractivity contribution in [2.75, 3.05) is 40.3 Å². The Hall–Kier alpha value is -2.92. The molecule has 2 aromatic heterocycles. The number of halogens is 3. The number of likely N-dealkylation sites (N-methyl/N-ethyl adjacent to an activating group) is 2. The Morgan fingerprint density at radius 3 is 2.54 bits per heavy atom. The molecule has 0 N–H and O–H groups in total. The maximum Gasteiger partial charge on any atom is 0.416 e. The van der Waals surface area contributed by atoms with Gasteiger partial charge in [-0.05, 0) is 50.2 Å². The van der Waals surface area contributed by atoms with Crippen LogP contribution in [0.15, 0.2) is 41.5 Å². The molecule has 11 heteroatoms. The van der Waals surface area contributed by atoms with Gasteiger partial charge in [0.2, 0.25) is 0 Å². The van der Waals surface area contributed by atoms with E-state index in [4.69, 9.17) is 0 Å². The number of aromatic nitrogens is 2. The summed E-state index contributed by atoms with van der Waals surface area (Å²) in [5, 5.41) is 0. The first-order valence-corrected chi connectivity index (χ1v) is 12.3. The lowest BCUT2D eigenvalue weighted by Crippen LogP contribution is -2.46. The van der Waals surface area contributed by atoms with Gasteiger partial charge in [-0.2, -0.15) is 13.2 Å². The predicted molar refractivity (Wildman–Crippen MR) is 129 cm³/mol. The number of carbonyl (C=O) groups excluding carboxylic acids is 1. The van der Waals surface area contributed by atoms with Gasteiger partial charge < -0.3 is 14.7 Å². The van der Waals surface area contributed by atoms with Gasteiger partial charge in [0.25, 0.3) is 5.56 Å². The SMILES string of the molecule is CN1CC[C@H](N(C)C(=O)N2CC[C@H](n3cnc4cc(-c5ccc(C(F)(F)F)cc5)sc4c3=O)C2)C1. The highest BCUT2D eigenvalue weighted by Gasteiger charge is 2.34. The number of likely N-dealkylation sites (tertiary alicyclic amines) is 2. The van der Waals surface area contributed by atoms with Gasteiger partial charge in [-0.3, -0.25) is 9.36 Å². The number of nitrogens with zero attached hydrogens (tertiary/aromatic N) is 5. The van der Waals surface area contributed by atoms with Gasteiger partial charge in [0, 0.05) is 37.6 Å². The van der Waals surface area contributed by atoms with Crippen molar-refractivity contribution < 1.29 is 18.0 Å². The first kappa shape index (κ1) is 23.8. The number of carbonyl (C=O) groups is 1. The monoisotopic (exact) mass is 505 g/mol. The number of hydrogen-bond acceptors (Lipinski definition) is 5. The Bertz CT molecular complexity index is 1300. The molecule has 186 valence electrons. The Labute approximate surface area is 204 Å². The highest BCUT2D eigenvalue weighted by molar-refractivity contribution is 7.22. The minimum absolute atomic E-state index is 0.0180. The molecule has 2 atom stereocenters. The second-order valence-corrected chi connectivity index (χ2v) is 10.4. The van der Waals surface area contributed by atoms with E-state index in [9.17, 15) is 22.8 Å². The van der Waals surface area contributed by atoms with Crippen LogP contribution in [0.25, 0.3) is 20.7 Å². The quantitative estimate of drug-likeness (QED) is 0.537. The van der Waals surface area contributed by atoms with Crippen LogP contribution in [0.2, 0.25) is 0 Å². The molecular formula is C24H26F3N5O2S. The molecule has 7 nitrogen and oxygen atoms in total. The van der Waals surface area contributed by atoms with Gasteiger partial charge in [0.1, 0.15) is 4.70 Å². The molecule has 2 fully saturated rings. The molecule has 0 aliphatic carbocycles. The summed E-state index contributed by atoms with van der Waals surface area (Å²) in [5.41, 5.74) is 0.212. The molecule has 0 radical (unpaired) electrons. The third-order valence-corrected chi connectivity index (χ3v) is 8.16. The van der Waals surface area contributed by atoms with E-state index in [0.29, 0.717) is 40.2 Å². The fourth-order valence-corrected chi connectivity index (χ4v) is 5.95. The van der Waals surface area contributed by atoms with Gasteiger partial charge in [-0.25, -0.2) is 9.78 Å². The highest BCUT2D eigenvalue weighted by atomic mass is 32.1. The van der Waals surface area contributed by atoms with Gasteiger partial charge in [-0.15, -0.1) is 11.3 Å². The second-order valence-electron chi connectivity index (χ2n) is 9.34. The first-order valence-electron chi connectivity index (χ1n) is 11.5. The van der Waals surface area contributed by atoms with E-state index in [2.05, 4.69) is 9.88 Å². The molecule has 1 aromatic carbocycles. The lowest BCUT2D eigenvalue weighted by atomic mass is 10.1. The maximum atomic E-state index is 13.3. The zero-order valence-electron chi connectivity index (χ0n) is 19.5. The first-order chi connectivity index (χ1) is 16.6. The van der Waals surface area contributed by atoms with E-state index in [-0.39, 0.29) is 23.7 Å². The third kappa shape index (κ3) is 4.54. The number of urea groups is 1. The van der Waals surface area contributed by atoms with Gasteiger partial charge in [-0.1, -0.05) is 12.1 Å². The Morgan fingerprint density at radius 2 is 1.89 bits per heavy atom. The lowest BCUT2D eigenvalue weighted by Gasteiger charge is -2.29. The summed E-state index contributed by atoms with van der Waals surface area (Å²) in [7, 11) is 3.89. The number of amides is 2. The summed E-state index contributed by atoms with van der Waals surface area (Å²) in [5.74, 6) is 0. The van der Waals surface area contributed by atoms with Crippen LogP contribution in [0.4, 0.5) is 18.0 Å². The van der Waals surface area contributed by atoms with Crippen molar-refractivity contribution in [1.82, 2.24) is 24.3 Å². The fourth-order valence-electron chi connectivity index (χ4n) is 4.90. The topological polar surface area (TPSA) is 61.7 Å². The molecule has 0 unspecified atom stereocenters. The van der Waals surface area contributed by atoms with Crippen molar-refractivity contribution >= 4 is 27.6 Å².